The lowest BCUT2D eigenvalue weighted by atomic mass is 10.1. The summed E-state index contributed by atoms with van der Waals surface area (Å²) in [7, 11) is 3.93. The summed E-state index contributed by atoms with van der Waals surface area (Å²) < 4.78 is 11.6. The van der Waals surface area contributed by atoms with E-state index >= 15 is 0 Å². The van der Waals surface area contributed by atoms with E-state index in [4.69, 9.17) is 4.99 Å². The van der Waals surface area contributed by atoms with Crippen molar-refractivity contribution in [3.63, 3.8) is 0 Å². The Kier molecular flexibility index (Phi) is 10.3. The highest BCUT2D eigenvalue weighted by Gasteiger charge is 2.19. The lowest BCUT2D eigenvalue weighted by Gasteiger charge is -2.26. The van der Waals surface area contributed by atoms with Gasteiger partial charge in [-0.2, -0.15) is 20.2 Å². The number of fused-ring (bicyclic) bond motifs is 2. The Morgan fingerprint density at radius 3 is 1.81 bits per heavy atom. The number of amides is 2. The largest absolute Gasteiger partial charge is 0.313 e. The minimum atomic E-state index is -0.335. The SMILES string of the molecule is CCn1nc(C)cc1C(=O)N=c1n(C)c2ccccc2n1C/C=C/Cn1c(=NC(=O)c2cc(C)nn2CC)n(C)c2c(CN3CCCCC3)cccc21. The van der Waals surface area contributed by atoms with Gasteiger partial charge >= 0.3 is 0 Å². The molecule has 7 rings (SSSR count). The summed E-state index contributed by atoms with van der Waals surface area (Å²) in [5, 5.41) is 8.94. The van der Waals surface area contributed by atoms with Crippen LogP contribution in [-0.2, 0) is 46.8 Å². The number of allylic oxidation sites excluding steroid dienone is 2. The molecule has 2 aromatic carbocycles. The fraction of sp³-hybridized carbons (Fsp3) is 0.400. The number of nitrogens with zero attached hydrogens (tertiary/aromatic N) is 11. The van der Waals surface area contributed by atoms with Crippen LogP contribution < -0.4 is 11.2 Å². The number of imidazole rings is 2. The van der Waals surface area contributed by atoms with Gasteiger partial charge in [-0.25, -0.2) is 0 Å². The molecular formula is C40H49N11O2. The Balaban J connectivity index is 1.28. The van der Waals surface area contributed by atoms with Crippen LogP contribution in [0.15, 0.2) is 76.7 Å². The first-order chi connectivity index (χ1) is 25.7. The topological polar surface area (TPSA) is 117 Å². The Morgan fingerprint density at radius 2 is 1.23 bits per heavy atom. The Bertz CT molecular complexity index is 2490. The number of carbonyl (C=O) groups is 2. The number of hydrogen-bond acceptors (Lipinski definition) is 5. The summed E-state index contributed by atoms with van der Waals surface area (Å²) in [6.07, 6.45) is 7.89. The number of aromatic nitrogens is 8. The lowest BCUT2D eigenvalue weighted by Crippen LogP contribution is -2.29. The van der Waals surface area contributed by atoms with Crippen molar-refractivity contribution in [2.75, 3.05) is 13.1 Å². The predicted molar refractivity (Wildman–Crippen MR) is 205 cm³/mol. The van der Waals surface area contributed by atoms with E-state index in [1.54, 1.807) is 21.5 Å². The molecule has 2 amide bonds. The van der Waals surface area contributed by atoms with Gasteiger partial charge in [-0.15, -0.1) is 0 Å². The molecule has 1 saturated heterocycles. The third-order valence-corrected chi connectivity index (χ3v) is 10.2. The van der Waals surface area contributed by atoms with Crippen LogP contribution in [0.3, 0.4) is 0 Å². The Labute approximate surface area is 308 Å². The highest BCUT2D eigenvalue weighted by Crippen LogP contribution is 2.22. The number of benzene rings is 2. The highest BCUT2D eigenvalue weighted by molar-refractivity contribution is 5.94. The molecule has 1 aliphatic heterocycles. The molecule has 0 bridgehead atoms. The predicted octanol–water partition coefficient (Wildman–Crippen LogP) is 5.05. The van der Waals surface area contributed by atoms with Crippen molar-refractivity contribution in [1.82, 2.24) is 42.7 Å². The van der Waals surface area contributed by atoms with Crippen molar-refractivity contribution in [2.24, 2.45) is 24.1 Å². The minimum Gasteiger partial charge on any atom is -0.313 e. The zero-order chi connectivity index (χ0) is 37.2. The van der Waals surface area contributed by atoms with Gasteiger partial charge in [-0.1, -0.05) is 42.8 Å². The minimum absolute atomic E-state index is 0.324. The molecule has 1 fully saturated rings. The molecule has 0 aliphatic carbocycles. The van der Waals surface area contributed by atoms with Crippen LogP contribution in [0, 0.1) is 13.8 Å². The first-order valence-corrected chi connectivity index (χ1v) is 18.6. The number of hydrogen-bond donors (Lipinski definition) is 0. The summed E-state index contributed by atoms with van der Waals surface area (Å²) in [5.41, 5.74) is 8.87. The van der Waals surface area contributed by atoms with E-state index in [1.165, 1.54) is 24.8 Å². The van der Waals surface area contributed by atoms with Crippen molar-refractivity contribution < 1.29 is 9.59 Å². The molecule has 0 saturated carbocycles. The third kappa shape index (κ3) is 7.00. The summed E-state index contributed by atoms with van der Waals surface area (Å²) >= 11 is 0. The fourth-order valence-corrected chi connectivity index (χ4v) is 7.63. The average Bonchev–Trinajstić information content (AvgIpc) is 3.89. The van der Waals surface area contributed by atoms with Crippen LogP contribution in [0.1, 0.15) is 71.0 Å². The van der Waals surface area contributed by atoms with Crippen LogP contribution in [0.2, 0.25) is 0 Å². The second-order valence-electron chi connectivity index (χ2n) is 13.8. The van der Waals surface area contributed by atoms with Gasteiger partial charge in [0.25, 0.3) is 11.8 Å². The zero-order valence-corrected chi connectivity index (χ0v) is 31.7. The van der Waals surface area contributed by atoms with Gasteiger partial charge in [0.15, 0.2) is 0 Å². The summed E-state index contributed by atoms with van der Waals surface area (Å²) in [6.45, 7) is 12.9. The van der Waals surface area contributed by atoms with Crippen LogP contribution in [-0.4, -0.2) is 67.6 Å². The number of carbonyl (C=O) groups excluding carboxylic acids is 2. The van der Waals surface area contributed by atoms with Crippen LogP contribution >= 0.6 is 0 Å². The second kappa shape index (κ2) is 15.2. The Hall–Kier alpha value is -5.56. The summed E-state index contributed by atoms with van der Waals surface area (Å²) in [5.74, 6) is -0.659. The van der Waals surface area contributed by atoms with Gasteiger partial charge in [-0.3, -0.25) is 23.9 Å². The molecule has 0 atom stereocenters. The zero-order valence-electron chi connectivity index (χ0n) is 31.7. The van der Waals surface area contributed by atoms with Crippen LogP contribution in [0.4, 0.5) is 0 Å². The molecule has 0 spiro atoms. The van der Waals surface area contributed by atoms with E-state index in [0.29, 0.717) is 48.8 Å². The quantitative estimate of drug-likeness (QED) is 0.184. The molecular weight excluding hydrogens is 667 g/mol. The normalized spacial score (nSPS) is 14.8. The van der Waals surface area contributed by atoms with Crippen molar-refractivity contribution in [1.29, 1.82) is 0 Å². The van der Waals surface area contributed by atoms with Gasteiger partial charge in [0.2, 0.25) is 11.2 Å². The molecule has 13 heteroatoms. The first-order valence-electron chi connectivity index (χ1n) is 18.6. The first kappa shape index (κ1) is 35.8. The molecule has 13 nitrogen and oxygen atoms in total. The Morgan fingerprint density at radius 1 is 0.698 bits per heavy atom. The fourth-order valence-electron chi connectivity index (χ4n) is 7.63. The molecule has 4 aromatic heterocycles. The van der Waals surface area contributed by atoms with Gasteiger partial charge in [-0.05, 0) is 89.5 Å². The highest BCUT2D eigenvalue weighted by atomic mass is 16.2. The van der Waals surface area contributed by atoms with Gasteiger partial charge in [0, 0.05) is 46.8 Å². The van der Waals surface area contributed by atoms with E-state index in [2.05, 4.69) is 64.1 Å². The summed E-state index contributed by atoms with van der Waals surface area (Å²) in [6, 6.07) is 18.0. The van der Waals surface area contributed by atoms with Gasteiger partial charge in [0.1, 0.15) is 11.4 Å². The number of para-hydroxylation sites is 3. The smallest absolute Gasteiger partial charge is 0.298 e. The number of likely N-dealkylation sites (tertiary alicyclic amines) is 1. The molecule has 6 aromatic rings. The molecule has 5 heterocycles. The second-order valence-corrected chi connectivity index (χ2v) is 13.8. The molecule has 0 N–H and O–H groups in total. The van der Waals surface area contributed by atoms with Crippen LogP contribution in [0.25, 0.3) is 22.1 Å². The number of aryl methyl sites for hydroxylation is 6. The monoisotopic (exact) mass is 715 g/mol. The maximum atomic E-state index is 13.8. The van der Waals surface area contributed by atoms with E-state index in [0.717, 1.165) is 53.1 Å². The molecule has 276 valence electrons. The standard InChI is InChI=1S/C40H49N11O2/c1-7-50-34(25-28(3)43-50)37(52)41-39-45(5)31-18-10-11-19-32(31)48(39)23-14-15-24-49-33-20-16-17-30(27-47-21-12-9-13-22-47)36(33)46(6)40(49)42-38(53)35-26-29(4)44-51(35)8-2/h10-11,14-20,25-26H,7-9,12-13,21-24,27H2,1-6H3/b15-14+,41-39?,42-40?. The third-order valence-electron chi connectivity index (χ3n) is 10.2. The maximum absolute atomic E-state index is 13.8. The lowest BCUT2D eigenvalue weighted by molar-refractivity contribution is 0.0977. The maximum Gasteiger partial charge on any atom is 0.298 e. The van der Waals surface area contributed by atoms with E-state index in [1.807, 2.05) is 70.6 Å². The molecule has 0 unspecified atom stereocenters. The van der Waals surface area contributed by atoms with Crippen molar-refractivity contribution in [3.8, 4) is 0 Å². The van der Waals surface area contributed by atoms with Crippen molar-refractivity contribution >= 4 is 33.9 Å². The molecule has 1 aliphatic rings. The van der Waals surface area contributed by atoms with Crippen molar-refractivity contribution in [3.05, 3.63) is 106 Å². The molecule has 0 radical (unpaired) electrons. The number of rotatable bonds is 10. The van der Waals surface area contributed by atoms with Crippen molar-refractivity contribution in [2.45, 2.75) is 79.7 Å². The van der Waals surface area contributed by atoms with E-state index in [-0.39, 0.29) is 11.8 Å². The van der Waals surface area contributed by atoms with E-state index in [9.17, 15) is 9.59 Å². The summed E-state index contributed by atoms with van der Waals surface area (Å²) in [4.78, 5) is 39.2. The number of piperidine rings is 1. The average molecular weight is 716 g/mol. The van der Waals surface area contributed by atoms with Gasteiger partial charge < -0.3 is 18.3 Å². The van der Waals surface area contributed by atoms with E-state index < -0.39 is 0 Å². The van der Waals surface area contributed by atoms with Gasteiger partial charge in [0.05, 0.1) is 33.5 Å². The molecule has 53 heavy (non-hydrogen) atoms. The van der Waals surface area contributed by atoms with Crippen LogP contribution in [0.5, 0.6) is 0 Å².